The minimum absolute atomic E-state index is 0.700. The van der Waals surface area contributed by atoms with E-state index in [0.29, 0.717) is 5.92 Å². The fraction of sp³-hybridized carbons (Fsp3) is 0.500. The summed E-state index contributed by atoms with van der Waals surface area (Å²) in [5.41, 5.74) is 6.17. The molecule has 2 rings (SSSR count). The molecular formula is C16H22. The molecule has 0 heterocycles. The van der Waals surface area contributed by atoms with Gasteiger partial charge in [-0.25, -0.2) is 0 Å². The Kier molecular flexibility index (Phi) is 3.48. The molecule has 1 aromatic carbocycles. The third kappa shape index (κ3) is 1.93. The van der Waals surface area contributed by atoms with Crippen molar-refractivity contribution in [2.24, 2.45) is 0 Å². The van der Waals surface area contributed by atoms with Crippen LogP contribution in [0.15, 0.2) is 18.7 Å². The van der Waals surface area contributed by atoms with Gasteiger partial charge in [0.15, 0.2) is 0 Å². The van der Waals surface area contributed by atoms with Gasteiger partial charge in [-0.2, -0.15) is 0 Å². The van der Waals surface area contributed by atoms with Crippen LogP contribution in [0, 0.1) is 0 Å². The molecule has 0 heteroatoms. The first-order valence-electron chi connectivity index (χ1n) is 6.55. The van der Waals surface area contributed by atoms with Crippen LogP contribution >= 0.6 is 0 Å². The first-order chi connectivity index (χ1) is 7.77. The molecule has 1 atom stereocenters. The van der Waals surface area contributed by atoms with Gasteiger partial charge >= 0.3 is 0 Å². The predicted octanol–water partition coefficient (Wildman–Crippen LogP) is 4.72. The van der Waals surface area contributed by atoms with Crippen LogP contribution < -0.4 is 0 Å². The molecule has 0 saturated carbocycles. The zero-order valence-electron chi connectivity index (χ0n) is 10.6. The van der Waals surface area contributed by atoms with Gasteiger partial charge in [0, 0.05) is 0 Å². The first-order valence-corrected chi connectivity index (χ1v) is 6.55. The normalized spacial score (nSPS) is 16.6. The molecule has 0 fully saturated rings. The monoisotopic (exact) mass is 214 g/mol. The second-order valence-corrected chi connectivity index (χ2v) is 4.92. The maximum absolute atomic E-state index is 3.93. The van der Waals surface area contributed by atoms with Crippen LogP contribution in [0.3, 0.4) is 0 Å². The Balaban J connectivity index is 2.52. The Morgan fingerprint density at radius 2 is 1.94 bits per heavy atom. The van der Waals surface area contributed by atoms with Crippen LogP contribution in [0.2, 0.25) is 0 Å². The average Bonchev–Trinajstić information content (AvgIpc) is 2.36. The van der Waals surface area contributed by atoms with E-state index in [2.05, 4.69) is 32.6 Å². The molecule has 0 amide bonds. The number of fused-ring (bicyclic) bond motifs is 1. The Labute approximate surface area is 99.4 Å². The van der Waals surface area contributed by atoms with E-state index in [9.17, 15) is 0 Å². The van der Waals surface area contributed by atoms with Crippen molar-refractivity contribution in [1.82, 2.24) is 0 Å². The summed E-state index contributed by atoms with van der Waals surface area (Å²) in [5.74, 6) is 0.700. The summed E-state index contributed by atoms with van der Waals surface area (Å²) in [6, 6.07) is 4.59. The highest BCUT2D eigenvalue weighted by atomic mass is 14.2. The van der Waals surface area contributed by atoms with Crippen LogP contribution in [0.25, 0.3) is 6.08 Å². The minimum atomic E-state index is 0.700. The van der Waals surface area contributed by atoms with E-state index in [4.69, 9.17) is 0 Å². The van der Waals surface area contributed by atoms with E-state index in [0.717, 1.165) is 0 Å². The van der Waals surface area contributed by atoms with Gasteiger partial charge < -0.3 is 0 Å². The lowest BCUT2D eigenvalue weighted by atomic mass is 9.81. The second-order valence-electron chi connectivity index (χ2n) is 4.92. The first kappa shape index (κ1) is 11.4. The van der Waals surface area contributed by atoms with Gasteiger partial charge in [0.25, 0.3) is 0 Å². The van der Waals surface area contributed by atoms with E-state index in [1.165, 1.54) is 37.7 Å². The summed E-state index contributed by atoms with van der Waals surface area (Å²) in [5, 5.41) is 0. The lowest BCUT2D eigenvalue weighted by Crippen LogP contribution is -2.10. The van der Waals surface area contributed by atoms with Crippen LogP contribution in [0.1, 0.15) is 61.3 Å². The van der Waals surface area contributed by atoms with Gasteiger partial charge in [0.2, 0.25) is 0 Å². The fourth-order valence-corrected chi connectivity index (χ4v) is 2.80. The largest absolute Gasteiger partial charge is 0.0985 e. The molecule has 0 radical (unpaired) electrons. The Morgan fingerprint density at radius 1 is 1.25 bits per heavy atom. The van der Waals surface area contributed by atoms with Gasteiger partial charge in [-0.1, -0.05) is 38.6 Å². The molecule has 0 N–H and O–H groups in total. The van der Waals surface area contributed by atoms with E-state index in [-0.39, 0.29) is 0 Å². The quantitative estimate of drug-likeness (QED) is 0.683. The Bertz CT molecular complexity index is 387. The van der Waals surface area contributed by atoms with Crippen LogP contribution in [-0.2, 0) is 12.8 Å². The molecule has 1 aliphatic rings. The van der Waals surface area contributed by atoms with Gasteiger partial charge in [-0.05, 0) is 60.3 Å². The van der Waals surface area contributed by atoms with Crippen molar-refractivity contribution >= 4 is 6.08 Å². The maximum Gasteiger partial charge on any atom is -0.0190 e. The maximum atomic E-state index is 3.93. The predicted molar refractivity (Wildman–Crippen MR) is 71.9 cm³/mol. The summed E-state index contributed by atoms with van der Waals surface area (Å²) >= 11 is 0. The van der Waals surface area contributed by atoms with Crippen molar-refractivity contribution < 1.29 is 0 Å². The van der Waals surface area contributed by atoms with Crippen LogP contribution in [-0.4, -0.2) is 0 Å². The lowest BCUT2D eigenvalue weighted by Gasteiger charge is -2.24. The SMILES string of the molecule is C=Cc1ccc(C(C)CC)c2c1CCCC2. The Morgan fingerprint density at radius 3 is 2.56 bits per heavy atom. The van der Waals surface area contributed by atoms with E-state index >= 15 is 0 Å². The summed E-state index contributed by atoms with van der Waals surface area (Å²) in [6.45, 7) is 8.56. The minimum Gasteiger partial charge on any atom is -0.0985 e. The lowest BCUT2D eigenvalue weighted by molar-refractivity contribution is 0.654. The zero-order valence-corrected chi connectivity index (χ0v) is 10.6. The molecule has 0 spiro atoms. The summed E-state index contributed by atoms with van der Waals surface area (Å²) in [4.78, 5) is 0. The highest BCUT2D eigenvalue weighted by Gasteiger charge is 2.17. The van der Waals surface area contributed by atoms with Gasteiger partial charge in [0.05, 0.1) is 0 Å². The Hall–Kier alpha value is -1.04. The highest BCUT2D eigenvalue weighted by molar-refractivity contribution is 5.57. The van der Waals surface area contributed by atoms with Gasteiger partial charge in [-0.3, -0.25) is 0 Å². The summed E-state index contributed by atoms with van der Waals surface area (Å²) in [6.07, 6.45) is 8.48. The zero-order chi connectivity index (χ0) is 11.5. The molecule has 86 valence electrons. The van der Waals surface area contributed by atoms with Crippen molar-refractivity contribution in [3.63, 3.8) is 0 Å². The fourth-order valence-electron chi connectivity index (χ4n) is 2.80. The van der Waals surface area contributed by atoms with E-state index < -0.39 is 0 Å². The standard InChI is InChI=1S/C16H22/c1-4-12(3)14-11-10-13(5-2)15-8-6-7-9-16(14)15/h5,10-12H,2,4,6-9H2,1,3H3. The van der Waals surface area contributed by atoms with Crippen molar-refractivity contribution in [2.45, 2.75) is 51.9 Å². The third-order valence-corrected chi connectivity index (χ3v) is 3.97. The van der Waals surface area contributed by atoms with Crippen molar-refractivity contribution in [2.75, 3.05) is 0 Å². The van der Waals surface area contributed by atoms with Crippen molar-refractivity contribution in [3.05, 3.63) is 41.0 Å². The molecule has 0 saturated heterocycles. The number of rotatable bonds is 3. The topological polar surface area (TPSA) is 0 Å². The molecule has 16 heavy (non-hydrogen) atoms. The molecule has 0 aliphatic heterocycles. The molecule has 0 bridgehead atoms. The van der Waals surface area contributed by atoms with E-state index in [1.54, 1.807) is 16.7 Å². The molecule has 1 unspecified atom stereocenters. The molecule has 0 aromatic heterocycles. The summed E-state index contributed by atoms with van der Waals surface area (Å²) in [7, 11) is 0. The second kappa shape index (κ2) is 4.86. The summed E-state index contributed by atoms with van der Waals surface area (Å²) < 4.78 is 0. The van der Waals surface area contributed by atoms with Crippen LogP contribution in [0.4, 0.5) is 0 Å². The molecule has 1 aromatic rings. The van der Waals surface area contributed by atoms with Crippen molar-refractivity contribution in [1.29, 1.82) is 0 Å². The number of hydrogen-bond donors (Lipinski definition) is 0. The van der Waals surface area contributed by atoms with Gasteiger partial charge in [-0.15, -0.1) is 0 Å². The molecule has 1 aliphatic carbocycles. The van der Waals surface area contributed by atoms with Crippen LogP contribution in [0.5, 0.6) is 0 Å². The molecule has 0 nitrogen and oxygen atoms in total. The molecular weight excluding hydrogens is 192 g/mol. The smallest absolute Gasteiger partial charge is 0.0190 e. The average molecular weight is 214 g/mol. The van der Waals surface area contributed by atoms with Gasteiger partial charge in [0.1, 0.15) is 0 Å². The number of hydrogen-bond acceptors (Lipinski definition) is 0. The highest BCUT2D eigenvalue weighted by Crippen LogP contribution is 2.33. The third-order valence-electron chi connectivity index (χ3n) is 3.97. The number of benzene rings is 1. The van der Waals surface area contributed by atoms with E-state index in [1.807, 2.05) is 6.08 Å². The van der Waals surface area contributed by atoms with Crippen molar-refractivity contribution in [3.8, 4) is 0 Å².